The van der Waals surface area contributed by atoms with Crippen molar-refractivity contribution in [3.8, 4) is 0 Å². The second-order valence-electron chi connectivity index (χ2n) is 7.23. The van der Waals surface area contributed by atoms with Gasteiger partial charge in [0.1, 0.15) is 5.82 Å². The zero-order chi connectivity index (χ0) is 18.8. The van der Waals surface area contributed by atoms with Crippen molar-refractivity contribution in [3.63, 3.8) is 0 Å². The molecule has 3 N–H and O–H groups in total. The van der Waals surface area contributed by atoms with Gasteiger partial charge in [0.25, 0.3) is 0 Å². The van der Waals surface area contributed by atoms with Crippen LogP contribution in [0.5, 0.6) is 0 Å². The number of carbonyl (C=O) groups excluding carboxylic acids is 2. The molecule has 1 aromatic heterocycles. The molecule has 27 heavy (non-hydrogen) atoms. The molecule has 1 atom stereocenters. The van der Waals surface area contributed by atoms with E-state index < -0.39 is 0 Å². The Hall–Kier alpha value is -2.48. The first-order valence-corrected chi connectivity index (χ1v) is 9.84. The van der Waals surface area contributed by atoms with Crippen molar-refractivity contribution in [2.45, 2.75) is 44.6 Å². The largest absolute Gasteiger partial charge is 0.356 e. The number of carbonyl (C=O) groups is 2. The Balaban J connectivity index is 1.23. The predicted molar refractivity (Wildman–Crippen MR) is 104 cm³/mol. The number of benzene rings is 1. The summed E-state index contributed by atoms with van der Waals surface area (Å²) in [7, 11) is 0. The Morgan fingerprint density at radius 2 is 2.15 bits per heavy atom. The molecule has 2 amide bonds. The van der Waals surface area contributed by atoms with Crippen LogP contribution in [0.25, 0.3) is 0 Å². The number of aromatic nitrogens is 3. The van der Waals surface area contributed by atoms with Gasteiger partial charge >= 0.3 is 0 Å². The third-order valence-corrected chi connectivity index (χ3v) is 5.48. The number of H-pyrrole nitrogens is 1. The van der Waals surface area contributed by atoms with Gasteiger partial charge in [0, 0.05) is 37.0 Å². The number of para-hydroxylation sites is 1. The van der Waals surface area contributed by atoms with Gasteiger partial charge in [-0.1, -0.05) is 18.2 Å². The number of nitrogens with one attached hydrogen (secondary N) is 3. The van der Waals surface area contributed by atoms with Crippen molar-refractivity contribution in [1.82, 2.24) is 20.1 Å². The highest BCUT2D eigenvalue weighted by molar-refractivity contribution is 7.71. The third-order valence-electron chi connectivity index (χ3n) is 5.19. The van der Waals surface area contributed by atoms with E-state index >= 15 is 0 Å². The standard InChI is InChI=1S/C19H23N5O2S/c25-17(20-10-9-16-22-23-19(27)24(16)14-6-7-14)8-5-13-11-12-3-1-2-4-15(12)21-18(13)26/h1-4,13-14H,5-11H2,(H,20,25)(H,21,26)(H,23,27). The monoisotopic (exact) mass is 385 g/mol. The number of aromatic amines is 1. The van der Waals surface area contributed by atoms with Crippen LogP contribution >= 0.6 is 12.2 Å². The summed E-state index contributed by atoms with van der Waals surface area (Å²) in [4.78, 5) is 24.4. The van der Waals surface area contributed by atoms with E-state index in [9.17, 15) is 9.59 Å². The molecule has 1 saturated carbocycles. The van der Waals surface area contributed by atoms with E-state index in [1.54, 1.807) is 0 Å². The summed E-state index contributed by atoms with van der Waals surface area (Å²) in [6, 6.07) is 8.28. The fourth-order valence-corrected chi connectivity index (χ4v) is 3.88. The normalized spacial score (nSPS) is 18.7. The highest BCUT2D eigenvalue weighted by Gasteiger charge is 2.27. The van der Waals surface area contributed by atoms with E-state index in [2.05, 4.69) is 25.4 Å². The van der Waals surface area contributed by atoms with Gasteiger partial charge in [0.15, 0.2) is 4.77 Å². The van der Waals surface area contributed by atoms with E-state index in [-0.39, 0.29) is 17.7 Å². The van der Waals surface area contributed by atoms with E-state index in [0.29, 0.717) is 43.0 Å². The molecule has 8 heteroatoms. The lowest BCUT2D eigenvalue weighted by Gasteiger charge is -2.24. The zero-order valence-electron chi connectivity index (χ0n) is 15.0. The fourth-order valence-electron chi connectivity index (χ4n) is 3.58. The first-order valence-electron chi connectivity index (χ1n) is 9.43. The fraction of sp³-hybridized carbons (Fsp3) is 0.474. The van der Waals surface area contributed by atoms with Gasteiger partial charge in [-0.25, -0.2) is 0 Å². The Morgan fingerprint density at radius 3 is 2.96 bits per heavy atom. The van der Waals surface area contributed by atoms with Crippen LogP contribution in [0, 0.1) is 10.7 Å². The summed E-state index contributed by atoms with van der Waals surface area (Å²) in [5.74, 6) is 0.707. The Bertz CT molecular complexity index is 915. The summed E-state index contributed by atoms with van der Waals surface area (Å²) in [5.41, 5.74) is 2.01. The van der Waals surface area contributed by atoms with E-state index in [1.807, 2.05) is 24.3 Å². The van der Waals surface area contributed by atoms with Crippen LogP contribution in [-0.2, 0) is 22.4 Å². The van der Waals surface area contributed by atoms with E-state index in [4.69, 9.17) is 12.2 Å². The first kappa shape index (κ1) is 17.9. The second kappa shape index (κ2) is 7.64. The number of amides is 2. The Kier molecular flexibility index (Phi) is 5.07. The molecule has 7 nitrogen and oxygen atoms in total. The van der Waals surface area contributed by atoms with Gasteiger partial charge in [-0.15, -0.1) is 0 Å². The molecule has 0 spiro atoms. The van der Waals surface area contributed by atoms with Crippen molar-refractivity contribution in [3.05, 3.63) is 40.4 Å². The molecule has 1 aromatic carbocycles. The topological polar surface area (TPSA) is 91.8 Å². The first-order chi connectivity index (χ1) is 13.1. The molecule has 1 aliphatic heterocycles. The minimum atomic E-state index is -0.156. The van der Waals surface area contributed by atoms with Crippen molar-refractivity contribution in [2.75, 3.05) is 11.9 Å². The highest BCUT2D eigenvalue weighted by atomic mass is 32.1. The minimum absolute atomic E-state index is 0.00136. The maximum absolute atomic E-state index is 12.2. The lowest BCUT2D eigenvalue weighted by molar-refractivity contribution is -0.122. The molecule has 2 aliphatic rings. The molecule has 1 unspecified atom stereocenters. The summed E-state index contributed by atoms with van der Waals surface area (Å²) in [6.07, 6.45) is 4.50. The molecular weight excluding hydrogens is 362 g/mol. The van der Waals surface area contributed by atoms with Crippen molar-refractivity contribution in [2.24, 2.45) is 5.92 Å². The van der Waals surface area contributed by atoms with Crippen LogP contribution in [0.15, 0.2) is 24.3 Å². The molecule has 0 bridgehead atoms. The Morgan fingerprint density at radius 1 is 1.33 bits per heavy atom. The van der Waals surface area contributed by atoms with Gasteiger partial charge < -0.3 is 15.2 Å². The highest BCUT2D eigenvalue weighted by Crippen LogP contribution is 2.35. The van der Waals surface area contributed by atoms with Crippen LogP contribution in [0.2, 0.25) is 0 Å². The van der Waals surface area contributed by atoms with Crippen molar-refractivity contribution >= 4 is 29.7 Å². The second-order valence-corrected chi connectivity index (χ2v) is 7.62. The molecule has 4 rings (SSSR count). The smallest absolute Gasteiger partial charge is 0.227 e. The van der Waals surface area contributed by atoms with Crippen molar-refractivity contribution in [1.29, 1.82) is 0 Å². The summed E-state index contributed by atoms with van der Waals surface area (Å²) in [5, 5.41) is 13.0. The van der Waals surface area contributed by atoms with Crippen LogP contribution in [-0.4, -0.2) is 33.1 Å². The molecule has 142 valence electrons. The van der Waals surface area contributed by atoms with Gasteiger partial charge in [0.2, 0.25) is 11.8 Å². The molecule has 1 aliphatic carbocycles. The Labute approximate surface area is 162 Å². The van der Waals surface area contributed by atoms with E-state index in [0.717, 1.165) is 29.9 Å². The van der Waals surface area contributed by atoms with Gasteiger partial charge in [-0.2, -0.15) is 5.10 Å². The third kappa shape index (κ3) is 4.10. The number of hydrogen-bond donors (Lipinski definition) is 3. The molecule has 2 heterocycles. The molecule has 0 radical (unpaired) electrons. The zero-order valence-corrected chi connectivity index (χ0v) is 15.8. The van der Waals surface area contributed by atoms with Gasteiger partial charge in [-0.3, -0.25) is 14.7 Å². The van der Waals surface area contributed by atoms with Gasteiger partial charge in [0.05, 0.1) is 0 Å². The lowest BCUT2D eigenvalue weighted by Crippen LogP contribution is -2.32. The maximum atomic E-state index is 12.2. The van der Waals surface area contributed by atoms with Crippen LogP contribution in [0.4, 0.5) is 5.69 Å². The molecule has 2 aromatic rings. The van der Waals surface area contributed by atoms with Crippen LogP contribution < -0.4 is 10.6 Å². The molecular formula is C19H23N5O2S. The predicted octanol–water partition coefficient (Wildman–Crippen LogP) is 2.53. The average Bonchev–Trinajstić information content (AvgIpc) is 3.43. The number of nitrogens with zero attached hydrogens (tertiary/aromatic N) is 2. The SMILES string of the molecule is O=C(CCC1Cc2ccccc2NC1=O)NCCc1n[nH]c(=S)n1C1CC1. The molecule has 0 saturated heterocycles. The van der Waals surface area contributed by atoms with Crippen molar-refractivity contribution < 1.29 is 9.59 Å². The maximum Gasteiger partial charge on any atom is 0.227 e. The summed E-state index contributed by atoms with van der Waals surface area (Å²) >= 11 is 5.26. The lowest BCUT2D eigenvalue weighted by atomic mass is 9.89. The summed E-state index contributed by atoms with van der Waals surface area (Å²) < 4.78 is 2.72. The van der Waals surface area contributed by atoms with Crippen LogP contribution in [0.3, 0.4) is 0 Å². The quantitative estimate of drug-likeness (QED) is 0.639. The van der Waals surface area contributed by atoms with Gasteiger partial charge in [-0.05, 0) is 49.5 Å². The minimum Gasteiger partial charge on any atom is -0.356 e. The number of anilines is 1. The molecule has 1 fully saturated rings. The number of hydrogen-bond acceptors (Lipinski definition) is 4. The average molecular weight is 385 g/mol. The number of rotatable bonds is 7. The summed E-state index contributed by atoms with van der Waals surface area (Å²) in [6.45, 7) is 0.519. The van der Waals surface area contributed by atoms with E-state index in [1.165, 1.54) is 0 Å². The van der Waals surface area contributed by atoms with Crippen LogP contribution in [0.1, 0.15) is 43.1 Å². The number of fused-ring (bicyclic) bond motifs is 1.